The average molecular weight is 723 g/mol. The Morgan fingerprint density at radius 2 is 0.960 bits per heavy atom. The Hall–Kier alpha value is -2.25. The Kier molecular flexibility index (Phi) is 34.9. The second-order valence-electron chi connectivity index (χ2n) is 12.9. The van der Waals surface area contributed by atoms with Crippen LogP contribution in [-0.2, 0) is 28.2 Å². The van der Waals surface area contributed by atoms with Crippen LogP contribution in [0, 0.1) is 0 Å². The molecule has 8 nitrogen and oxygen atoms in total. The first-order chi connectivity index (χ1) is 24.3. The molecule has 0 aliphatic carbocycles. The predicted molar refractivity (Wildman–Crippen MR) is 207 cm³/mol. The van der Waals surface area contributed by atoms with Gasteiger partial charge in [0.25, 0.3) is 0 Å². The summed E-state index contributed by atoms with van der Waals surface area (Å²) in [4.78, 5) is 42.7. The fourth-order valence-corrected chi connectivity index (χ4v) is 5.47. The van der Waals surface area contributed by atoms with Crippen molar-refractivity contribution in [2.75, 3.05) is 13.2 Å². The topological polar surface area (TPSA) is 119 Å². The van der Waals surface area contributed by atoms with Gasteiger partial charge in [0.15, 0.2) is 6.10 Å². The summed E-state index contributed by atoms with van der Waals surface area (Å²) in [6.07, 6.45) is 45.1. The first-order valence-corrected chi connectivity index (χ1v) is 21.1. The highest BCUT2D eigenvalue weighted by molar-refractivity contribution is 7.46. The zero-order valence-electron chi connectivity index (χ0n) is 31.5. The summed E-state index contributed by atoms with van der Waals surface area (Å²) in [5, 5.41) is 0. The average Bonchev–Trinajstić information content (AvgIpc) is 3.08. The van der Waals surface area contributed by atoms with Gasteiger partial charge in [-0.05, 0) is 70.6 Å². The van der Waals surface area contributed by atoms with Crippen molar-refractivity contribution >= 4 is 19.8 Å². The maximum Gasteiger partial charge on any atom is 0.469 e. The van der Waals surface area contributed by atoms with Crippen molar-refractivity contribution < 1.29 is 37.9 Å². The molecule has 0 aliphatic heterocycles. The van der Waals surface area contributed by atoms with E-state index in [1.54, 1.807) is 0 Å². The normalized spacial score (nSPS) is 13.1. The van der Waals surface area contributed by atoms with E-state index in [2.05, 4.69) is 79.1 Å². The van der Waals surface area contributed by atoms with Gasteiger partial charge in [-0.15, -0.1) is 0 Å². The summed E-state index contributed by atoms with van der Waals surface area (Å²) in [6, 6.07) is 0. The maximum atomic E-state index is 12.4. The van der Waals surface area contributed by atoms with Gasteiger partial charge in [-0.2, -0.15) is 0 Å². The van der Waals surface area contributed by atoms with E-state index in [0.29, 0.717) is 12.8 Å². The summed E-state index contributed by atoms with van der Waals surface area (Å²) in [7, 11) is -4.76. The molecule has 0 saturated heterocycles. The minimum atomic E-state index is -4.76. The number of hydrogen-bond acceptors (Lipinski definition) is 6. The van der Waals surface area contributed by atoms with E-state index in [1.165, 1.54) is 38.5 Å². The number of carbonyl (C=O) groups excluding carboxylic acids is 2. The van der Waals surface area contributed by atoms with Crippen molar-refractivity contribution in [2.45, 2.75) is 174 Å². The Morgan fingerprint density at radius 3 is 1.46 bits per heavy atom. The molecule has 0 aromatic carbocycles. The van der Waals surface area contributed by atoms with Crippen molar-refractivity contribution in [1.29, 1.82) is 0 Å². The lowest BCUT2D eigenvalue weighted by molar-refractivity contribution is -0.161. The van der Waals surface area contributed by atoms with Crippen LogP contribution in [0.4, 0.5) is 0 Å². The third kappa shape index (κ3) is 38.6. The van der Waals surface area contributed by atoms with Crippen molar-refractivity contribution in [3.05, 3.63) is 60.8 Å². The highest BCUT2D eigenvalue weighted by atomic mass is 31.2. The molecule has 0 spiro atoms. The third-order valence-corrected chi connectivity index (χ3v) is 8.51. The third-order valence-electron chi connectivity index (χ3n) is 8.02. The largest absolute Gasteiger partial charge is 0.469 e. The quantitative estimate of drug-likeness (QED) is 0.0287. The lowest BCUT2D eigenvalue weighted by Crippen LogP contribution is -2.29. The van der Waals surface area contributed by atoms with Gasteiger partial charge in [0, 0.05) is 12.8 Å². The van der Waals surface area contributed by atoms with Gasteiger partial charge in [0.05, 0.1) is 6.61 Å². The van der Waals surface area contributed by atoms with E-state index in [-0.39, 0.29) is 19.4 Å². The molecule has 0 radical (unpaired) electrons. The Bertz CT molecular complexity index is 995. The predicted octanol–water partition coefficient (Wildman–Crippen LogP) is 11.7. The first kappa shape index (κ1) is 47.8. The summed E-state index contributed by atoms with van der Waals surface area (Å²) in [5.74, 6) is -0.910. The van der Waals surface area contributed by atoms with E-state index >= 15 is 0 Å². The van der Waals surface area contributed by atoms with Crippen LogP contribution in [0.2, 0.25) is 0 Å². The number of carbonyl (C=O) groups is 2. The molecule has 0 fully saturated rings. The van der Waals surface area contributed by atoms with Crippen molar-refractivity contribution in [3.63, 3.8) is 0 Å². The van der Waals surface area contributed by atoms with Crippen LogP contribution in [0.5, 0.6) is 0 Å². The van der Waals surface area contributed by atoms with Crippen LogP contribution in [0.25, 0.3) is 0 Å². The fraction of sp³-hybridized carbons (Fsp3) is 0.707. The molecule has 0 aromatic heterocycles. The molecule has 0 heterocycles. The number of hydrogen-bond donors (Lipinski definition) is 2. The molecule has 288 valence electrons. The van der Waals surface area contributed by atoms with Gasteiger partial charge in [0.2, 0.25) is 0 Å². The molecule has 50 heavy (non-hydrogen) atoms. The molecule has 0 rings (SSSR count). The van der Waals surface area contributed by atoms with E-state index in [4.69, 9.17) is 19.3 Å². The van der Waals surface area contributed by atoms with Crippen LogP contribution in [0.3, 0.4) is 0 Å². The van der Waals surface area contributed by atoms with Gasteiger partial charge >= 0.3 is 19.8 Å². The molecule has 0 aliphatic rings. The van der Waals surface area contributed by atoms with Crippen molar-refractivity contribution in [1.82, 2.24) is 0 Å². The number of rotatable bonds is 35. The molecule has 0 aromatic rings. The number of esters is 2. The highest BCUT2D eigenvalue weighted by Crippen LogP contribution is 2.36. The zero-order chi connectivity index (χ0) is 36.8. The maximum absolute atomic E-state index is 12.4. The molecule has 0 saturated carbocycles. The lowest BCUT2D eigenvalue weighted by Gasteiger charge is -2.18. The SMILES string of the molecule is CC/C=C\C/C=C\C/C=C\C/C=C\CCCCCCCCCCC(=O)OC(COC(=O)CCCCCCC/C=C\CCCC)COP(=O)(O)O. The molecule has 1 atom stereocenters. The van der Waals surface area contributed by atoms with Gasteiger partial charge in [-0.3, -0.25) is 14.1 Å². The molecular weight excluding hydrogens is 651 g/mol. The monoisotopic (exact) mass is 722 g/mol. The smallest absolute Gasteiger partial charge is 0.462 e. The Labute approximate surface area is 305 Å². The lowest BCUT2D eigenvalue weighted by atomic mass is 10.1. The Morgan fingerprint density at radius 1 is 0.540 bits per heavy atom. The summed E-state index contributed by atoms with van der Waals surface area (Å²) >= 11 is 0. The number of ether oxygens (including phenoxy) is 2. The number of allylic oxidation sites excluding steroid dienone is 10. The summed E-state index contributed by atoms with van der Waals surface area (Å²) in [6.45, 7) is 3.50. The van der Waals surface area contributed by atoms with Crippen LogP contribution >= 0.6 is 7.82 Å². The van der Waals surface area contributed by atoms with Crippen LogP contribution in [0.1, 0.15) is 168 Å². The minimum absolute atomic E-state index is 0.198. The standard InChI is InChI=1S/C41H71O8P/c1-3-5-7-9-11-13-15-16-17-18-19-20-21-22-23-24-26-28-30-32-34-36-41(43)49-39(38-48-50(44,45)46)37-47-40(42)35-33-31-29-27-25-14-12-10-8-6-4-2/h5,7,10-13,16-17,19-20,39H,3-4,6,8-9,14-15,18,21-38H2,1-2H3,(H2,44,45,46)/b7-5-,12-10-,13-11-,17-16-,20-19-. The molecule has 2 N–H and O–H groups in total. The second kappa shape index (κ2) is 36.5. The fourth-order valence-electron chi connectivity index (χ4n) is 5.11. The van der Waals surface area contributed by atoms with Gasteiger partial charge < -0.3 is 19.3 Å². The van der Waals surface area contributed by atoms with Crippen LogP contribution in [-0.4, -0.2) is 41.0 Å². The number of phosphoric acid groups is 1. The van der Waals surface area contributed by atoms with Gasteiger partial charge in [-0.1, -0.05) is 145 Å². The second-order valence-corrected chi connectivity index (χ2v) is 14.1. The van der Waals surface area contributed by atoms with E-state index in [0.717, 1.165) is 89.9 Å². The van der Waals surface area contributed by atoms with Crippen molar-refractivity contribution in [3.8, 4) is 0 Å². The van der Waals surface area contributed by atoms with E-state index in [9.17, 15) is 14.2 Å². The highest BCUT2D eigenvalue weighted by Gasteiger charge is 2.22. The number of phosphoric ester groups is 1. The molecule has 9 heteroatoms. The van der Waals surface area contributed by atoms with Crippen LogP contribution in [0.15, 0.2) is 60.8 Å². The van der Waals surface area contributed by atoms with Crippen molar-refractivity contribution in [2.24, 2.45) is 0 Å². The van der Waals surface area contributed by atoms with E-state index < -0.39 is 32.5 Å². The molecular formula is C41H71O8P. The van der Waals surface area contributed by atoms with Gasteiger partial charge in [-0.25, -0.2) is 4.57 Å². The summed E-state index contributed by atoms with van der Waals surface area (Å²) < 4.78 is 26.3. The minimum Gasteiger partial charge on any atom is -0.462 e. The summed E-state index contributed by atoms with van der Waals surface area (Å²) in [5.41, 5.74) is 0. The van der Waals surface area contributed by atoms with Crippen LogP contribution < -0.4 is 0 Å². The van der Waals surface area contributed by atoms with Gasteiger partial charge in [0.1, 0.15) is 6.61 Å². The molecule has 0 amide bonds. The molecule has 0 bridgehead atoms. The molecule has 1 unspecified atom stereocenters. The Balaban J connectivity index is 3.95. The first-order valence-electron chi connectivity index (χ1n) is 19.6. The van der Waals surface area contributed by atoms with E-state index in [1.807, 2.05) is 0 Å². The number of unbranched alkanes of at least 4 members (excludes halogenated alkanes) is 15. The zero-order valence-corrected chi connectivity index (χ0v) is 32.4.